The molecule has 0 bridgehead atoms. The number of oxazole rings is 1. The number of halogens is 2. The molecule has 1 aliphatic rings. The predicted molar refractivity (Wildman–Crippen MR) is 78.7 cm³/mol. The van der Waals surface area contributed by atoms with Crippen LogP contribution in [-0.2, 0) is 12.8 Å². The van der Waals surface area contributed by atoms with E-state index in [9.17, 15) is 4.39 Å². The van der Waals surface area contributed by atoms with Crippen molar-refractivity contribution in [1.29, 1.82) is 0 Å². The van der Waals surface area contributed by atoms with Gasteiger partial charge in [0.25, 0.3) is 0 Å². The minimum absolute atomic E-state index is 0.0425. The first-order chi connectivity index (χ1) is 9.63. The highest BCUT2D eigenvalue weighted by Crippen LogP contribution is 2.43. The molecule has 0 saturated heterocycles. The number of benzene rings is 1. The summed E-state index contributed by atoms with van der Waals surface area (Å²) in [6, 6.07) is 2.74. The lowest BCUT2D eigenvalue weighted by molar-refractivity contribution is 0.602. The summed E-state index contributed by atoms with van der Waals surface area (Å²) < 4.78 is 19.1. The molecule has 3 aromatic rings. The van der Waals surface area contributed by atoms with Crippen LogP contribution in [0.15, 0.2) is 16.5 Å². The molecule has 2 heterocycles. The maximum Gasteiger partial charge on any atom is 0.230 e. The van der Waals surface area contributed by atoms with Crippen LogP contribution < -0.4 is 5.73 Å². The Hall–Kier alpha value is -1.59. The molecule has 0 fully saturated rings. The summed E-state index contributed by atoms with van der Waals surface area (Å²) in [4.78, 5) is 5.71. The van der Waals surface area contributed by atoms with Crippen molar-refractivity contribution in [3.05, 3.63) is 33.4 Å². The average molecular weight is 309 g/mol. The molecule has 0 amide bonds. The van der Waals surface area contributed by atoms with Crippen molar-refractivity contribution < 1.29 is 8.81 Å². The molecule has 4 rings (SSSR count). The second-order valence-corrected chi connectivity index (χ2v) is 6.39. The van der Waals surface area contributed by atoms with Crippen molar-refractivity contribution >= 4 is 39.0 Å². The van der Waals surface area contributed by atoms with Crippen molar-refractivity contribution in [3.63, 3.8) is 0 Å². The molecule has 3 nitrogen and oxygen atoms in total. The van der Waals surface area contributed by atoms with E-state index in [1.807, 2.05) is 0 Å². The zero-order valence-corrected chi connectivity index (χ0v) is 11.9. The van der Waals surface area contributed by atoms with Crippen molar-refractivity contribution in [2.45, 2.75) is 19.3 Å². The quantitative estimate of drug-likeness (QED) is 0.724. The van der Waals surface area contributed by atoms with Crippen LogP contribution in [0.5, 0.6) is 0 Å². The summed E-state index contributed by atoms with van der Waals surface area (Å²) in [5.74, 6) is -0.0519. The third kappa shape index (κ3) is 1.66. The molecule has 0 saturated carbocycles. The number of hydrogen-bond acceptors (Lipinski definition) is 4. The Morgan fingerprint density at radius 1 is 1.35 bits per heavy atom. The van der Waals surface area contributed by atoms with Gasteiger partial charge in [0.05, 0.1) is 15.6 Å². The summed E-state index contributed by atoms with van der Waals surface area (Å²) in [6.45, 7) is 0. The SMILES string of the molecule is Nc1sc2c(c1-c1nc3cc(Cl)c(F)cc3o1)CCC2. The number of thiophene rings is 1. The Morgan fingerprint density at radius 2 is 2.20 bits per heavy atom. The summed E-state index contributed by atoms with van der Waals surface area (Å²) in [5, 5.41) is 0.758. The van der Waals surface area contributed by atoms with E-state index in [4.69, 9.17) is 21.8 Å². The minimum Gasteiger partial charge on any atom is -0.436 e. The molecule has 0 radical (unpaired) electrons. The summed E-state index contributed by atoms with van der Waals surface area (Å²) in [6.07, 6.45) is 3.19. The maximum atomic E-state index is 13.5. The Balaban J connectivity index is 1.95. The fourth-order valence-corrected chi connectivity index (χ4v) is 4.00. The van der Waals surface area contributed by atoms with Gasteiger partial charge in [-0.2, -0.15) is 0 Å². The van der Waals surface area contributed by atoms with Gasteiger partial charge in [-0.25, -0.2) is 9.37 Å². The number of aromatic nitrogens is 1. The van der Waals surface area contributed by atoms with Gasteiger partial charge in [0, 0.05) is 10.9 Å². The lowest BCUT2D eigenvalue weighted by Crippen LogP contribution is -1.88. The van der Waals surface area contributed by atoms with Gasteiger partial charge < -0.3 is 10.2 Å². The number of nitrogens with zero attached hydrogens (tertiary/aromatic N) is 1. The monoisotopic (exact) mass is 308 g/mol. The van der Waals surface area contributed by atoms with E-state index < -0.39 is 5.82 Å². The highest BCUT2D eigenvalue weighted by atomic mass is 35.5. The molecule has 6 heteroatoms. The van der Waals surface area contributed by atoms with Crippen LogP contribution in [0.25, 0.3) is 22.6 Å². The second-order valence-electron chi connectivity index (χ2n) is 4.85. The Labute approximate surface area is 123 Å². The molecule has 1 aliphatic carbocycles. The molecule has 0 aliphatic heterocycles. The van der Waals surface area contributed by atoms with Crippen LogP contribution in [0.3, 0.4) is 0 Å². The third-order valence-corrected chi connectivity index (χ3v) is 5.00. The number of anilines is 1. The lowest BCUT2D eigenvalue weighted by atomic mass is 10.1. The van der Waals surface area contributed by atoms with E-state index in [-0.39, 0.29) is 5.02 Å². The first kappa shape index (κ1) is 12.2. The number of rotatable bonds is 1. The smallest absolute Gasteiger partial charge is 0.230 e. The van der Waals surface area contributed by atoms with Crippen molar-refractivity contribution in [2.75, 3.05) is 5.73 Å². The third-order valence-electron chi connectivity index (χ3n) is 3.59. The van der Waals surface area contributed by atoms with Gasteiger partial charge in [0.15, 0.2) is 5.58 Å². The van der Waals surface area contributed by atoms with E-state index in [0.717, 1.165) is 24.8 Å². The van der Waals surface area contributed by atoms with Crippen LogP contribution in [-0.4, -0.2) is 4.98 Å². The zero-order chi connectivity index (χ0) is 13.9. The molecule has 20 heavy (non-hydrogen) atoms. The van der Waals surface area contributed by atoms with E-state index in [1.54, 1.807) is 11.3 Å². The standard InChI is InChI=1S/C14H10ClFN2OS/c15-7-4-9-10(5-8(7)16)19-14(18-9)12-6-2-1-3-11(6)20-13(12)17/h4-5H,1-3,17H2. The largest absolute Gasteiger partial charge is 0.436 e. The second kappa shape index (κ2) is 4.20. The average Bonchev–Trinajstić information content (AvgIpc) is 3.03. The molecular formula is C14H10ClFN2OS. The fraction of sp³-hybridized carbons (Fsp3) is 0.214. The number of fused-ring (bicyclic) bond motifs is 2. The van der Waals surface area contributed by atoms with Crippen LogP contribution in [0.2, 0.25) is 5.02 Å². The number of hydrogen-bond donors (Lipinski definition) is 1. The Morgan fingerprint density at radius 3 is 3.05 bits per heavy atom. The van der Waals surface area contributed by atoms with E-state index in [1.165, 1.54) is 22.6 Å². The molecule has 1 aromatic carbocycles. The van der Waals surface area contributed by atoms with Gasteiger partial charge in [-0.3, -0.25) is 0 Å². The topological polar surface area (TPSA) is 52.0 Å². The molecular weight excluding hydrogens is 299 g/mol. The molecule has 0 atom stereocenters. The van der Waals surface area contributed by atoms with E-state index in [0.29, 0.717) is 22.0 Å². The lowest BCUT2D eigenvalue weighted by Gasteiger charge is -1.97. The number of nitrogen functional groups attached to an aromatic ring is 1. The van der Waals surface area contributed by atoms with Gasteiger partial charge >= 0.3 is 0 Å². The van der Waals surface area contributed by atoms with Gasteiger partial charge in [-0.1, -0.05) is 11.6 Å². The molecule has 0 unspecified atom stereocenters. The first-order valence-electron chi connectivity index (χ1n) is 6.29. The van der Waals surface area contributed by atoms with E-state index in [2.05, 4.69) is 4.98 Å². The highest BCUT2D eigenvalue weighted by molar-refractivity contribution is 7.16. The van der Waals surface area contributed by atoms with Crippen LogP contribution >= 0.6 is 22.9 Å². The Bertz CT molecular complexity index is 800. The van der Waals surface area contributed by atoms with Gasteiger partial charge in [-0.05, 0) is 30.9 Å². The zero-order valence-electron chi connectivity index (χ0n) is 10.4. The Kier molecular flexibility index (Phi) is 2.56. The van der Waals surface area contributed by atoms with Crippen molar-refractivity contribution in [3.8, 4) is 11.5 Å². The van der Waals surface area contributed by atoms with Crippen molar-refractivity contribution in [1.82, 2.24) is 4.98 Å². The summed E-state index contributed by atoms with van der Waals surface area (Å²) in [5.41, 5.74) is 9.12. The summed E-state index contributed by atoms with van der Waals surface area (Å²) >= 11 is 7.36. The molecule has 0 spiro atoms. The highest BCUT2D eigenvalue weighted by Gasteiger charge is 2.25. The van der Waals surface area contributed by atoms with Crippen LogP contribution in [0, 0.1) is 5.82 Å². The normalized spacial score (nSPS) is 14.1. The predicted octanol–water partition coefficient (Wildman–Crippen LogP) is 4.42. The van der Waals surface area contributed by atoms with E-state index >= 15 is 0 Å². The maximum absolute atomic E-state index is 13.5. The van der Waals surface area contributed by atoms with Gasteiger partial charge in [-0.15, -0.1) is 11.3 Å². The molecule has 102 valence electrons. The van der Waals surface area contributed by atoms with Gasteiger partial charge in [0.2, 0.25) is 5.89 Å². The van der Waals surface area contributed by atoms with Crippen molar-refractivity contribution in [2.24, 2.45) is 0 Å². The fourth-order valence-electron chi connectivity index (χ4n) is 2.69. The van der Waals surface area contributed by atoms with Gasteiger partial charge in [0.1, 0.15) is 11.3 Å². The molecule has 2 aromatic heterocycles. The van der Waals surface area contributed by atoms with Crippen LogP contribution in [0.4, 0.5) is 9.39 Å². The van der Waals surface area contributed by atoms with Crippen LogP contribution in [0.1, 0.15) is 16.9 Å². The number of nitrogens with two attached hydrogens (primary N) is 1. The molecule has 2 N–H and O–H groups in total. The summed E-state index contributed by atoms with van der Waals surface area (Å²) in [7, 11) is 0. The first-order valence-corrected chi connectivity index (χ1v) is 7.49. The number of aryl methyl sites for hydroxylation is 1. The minimum atomic E-state index is -0.509.